The highest BCUT2D eigenvalue weighted by atomic mass is 15.1. The van der Waals surface area contributed by atoms with Crippen LogP contribution >= 0.6 is 0 Å². The predicted octanol–water partition coefficient (Wildman–Crippen LogP) is 3.52. The molecule has 1 aliphatic carbocycles. The summed E-state index contributed by atoms with van der Waals surface area (Å²) in [6, 6.07) is 0. The van der Waals surface area contributed by atoms with Crippen molar-refractivity contribution < 1.29 is 0 Å². The molecule has 0 aromatic carbocycles. The monoisotopic (exact) mass is 254 g/mol. The number of hydrogen-bond acceptors (Lipinski definition) is 2. The van der Waals surface area contributed by atoms with Gasteiger partial charge in [-0.05, 0) is 38.4 Å². The molecule has 0 aromatic rings. The predicted molar refractivity (Wildman–Crippen MR) is 81.0 cm³/mol. The summed E-state index contributed by atoms with van der Waals surface area (Å²) in [7, 11) is 2.27. The van der Waals surface area contributed by atoms with Crippen molar-refractivity contribution in [3.8, 4) is 0 Å². The zero-order valence-corrected chi connectivity index (χ0v) is 12.9. The summed E-state index contributed by atoms with van der Waals surface area (Å²) in [5.74, 6) is 1.78. The Hall–Kier alpha value is -0.0800. The van der Waals surface area contributed by atoms with Gasteiger partial charge in [-0.3, -0.25) is 0 Å². The fourth-order valence-electron chi connectivity index (χ4n) is 2.83. The highest BCUT2D eigenvalue weighted by Crippen LogP contribution is 2.25. The van der Waals surface area contributed by atoms with E-state index < -0.39 is 0 Å². The summed E-state index contributed by atoms with van der Waals surface area (Å²) in [5, 5.41) is 3.52. The lowest BCUT2D eigenvalue weighted by Crippen LogP contribution is -2.32. The van der Waals surface area contributed by atoms with Crippen LogP contribution in [0.4, 0.5) is 0 Å². The van der Waals surface area contributed by atoms with Gasteiger partial charge in [-0.15, -0.1) is 0 Å². The van der Waals surface area contributed by atoms with Crippen LogP contribution in [0.2, 0.25) is 0 Å². The summed E-state index contributed by atoms with van der Waals surface area (Å²) in [6.45, 7) is 9.30. The van der Waals surface area contributed by atoms with Crippen LogP contribution in [0, 0.1) is 11.8 Å². The van der Waals surface area contributed by atoms with Crippen LogP contribution in [-0.4, -0.2) is 38.1 Å². The van der Waals surface area contributed by atoms with Crippen molar-refractivity contribution >= 4 is 0 Å². The Balaban J connectivity index is 1.99. The van der Waals surface area contributed by atoms with Gasteiger partial charge in [0.25, 0.3) is 0 Å². The van der Waals surface area contributed by atoms with Crippen molar-refractivity contribution in [3.05, 3.63) is 0 Å². The third-order valence-electron chi connectivity index (χ3n) is 4.12. The second-order valence-electron chi connectivity index (χ2n) is 6.55. The highest BCUT2D eigenvalue weighted by Gasteiger charge is 2.12. The lowest BCUT2D eigenvalue weighted by atomic mass is 9.96. The Kier molecular flexibility index (Phi) is 8.70. The maximum atomic E-state index is 3.52. The summed E-state index contributed by atoms with van der Waals surface area (Å²) in [6.07, 6.45) is 10.3. The Morgan fingerprint density at radius 2 is 1.72 bits per heavy atom. The Morgan fingerprint density at radius 3 is 2.33 bits per heavy atom. The number of nitrogens with zero attached hydrogens (tertiary/aromatic N) is 1. The van der Waals surface area contributed by atoms with Gasteiger partial charge in [0.05, 0.1) is 0 Å². The number of rotatable bonds is 8. The van der Waals surface area contributed by atoms with Crippen LogP contribution in [0.15, 0.2) is 0 Å². The maximum Gasteiger partial charge on any atom is 0.0104 e. The van der Waals surface area contributed by atoms with Gasteiger partial charge in [-0.1, -0.05) is 52.4 Å². The normalized spacial score (nSPS) is 18.5. The molecule has 0 radical (unpaired) electrons. The summed E-state index contributed by atoms with van der Waals surface area (Å²) in [5.41, 5.74) is 0. The maximum absolute atomic E-state index is 3.52. The van der Waals surface area contributed by atoms with Gasteiger partial charge in [0.1, 0.15) is 0 Å². The zero-order valence-electron chi connectivity index (χ0n) is 12.9. The molecule has 1 aliphatic rings. The fraction of sp³-hybridized carbons (Fsp3) is 1.00. The van der Waals surface area contributed by atoms with Gasteiger partial charge in [0.15, 0.2) is 0 Å². The molecule has 0 atom stereocenters. The van der Waals surface area contributed by atoms with E-state index in [9.17, 15) is 0 Å². The minimum atomic E-state index is 0.765. The van der Waals surface area contributed by atoms with Gasteiger partial charge in [-0.25, -0.2) is 0 Å². The van der Waals surface area contributed by atoms with Crippen LogP contribution in [-0.2, 0) is 0 Å². The van der Waals surface area contributed by atoms with E-state index in [2.05, 4.69) is 31.1 Å². The third kappa shape index (κ3) is 8.10. The SMILES string of the molecule is CC(C)CNCCN(C)CCC1CCCCCC1. The molecule has 0 aromatic heterocycles. The number of likely N-dealkylation sites (N-methyl/N-ethyl adjacent to an activating group) is 1. The van der Waals surface area contributed by atoms with Gasteiger partial charge in [-0.2, -0.15) is 0 Å². The molecule has 0 spiro atoms. The molecule has 1 N–H and O–H groups in total. The standard InChI is InChI=1S/C16H34N2/c1-15(2)14-17-11-13-18(3)12-10-16-8-6-4-5-7-9-16/h15-17H,4-14H2,1-3H3. The van der Waals surface area contributed by atoms with E-state index in [-0.39, 0.29) is 0 Å². The van der Waals surface area contributed by atoms with E-state index in [0.29, 0.717) is 0 Å². The molecule has 2 nitrogen and oxygen atoms in total. The molecule has 0 heterocycles. The van der Waals surface area contributed by atoms with Gasteiger partial charge in [0.2, 0.25) is 0 Å². The van der Waals surface area contributed by atoms with Crippen LogP contribution in [0.1, 0.15) is 58.8 Å². The zero-order chi connectivity index (χ0) is 13.2. The van der Waals surface area contributed by atoms with Gasteiger partial charge < -0.3 is 10.2 Å². The molecule has 1 fully saturated rings. The second-order valence-corrected chi connectivity index (χ2v) is 6.55. The second kappa shape index (κ2) is 9.80. The first-order valence-electron chi connectivity index (χ1n) is 8.07. The fourth-order valence-corrected chi connectivity index (χ4v) is 2.83. The molecule has 0 bridgehead atoms. The van der Waals surface area contributed by atoms with Crippen molar-refractivity contribution in [2.24, 2.45) is 11.8 Å². The van der Waals surface area contributed by atoms with Crippen molar-refractivity contribution in [3.63, 3.8) is 0 Å². The van der Waals surface area contributed by atoms with Crippen molar-refractivity contribution in [2.75, 3.05) is 33.2 Å². The molecule has 18 heavy (non-hydrogen) atoms. The summed E-state index contributed by atoms with van der Waals surface area (Å²) < 4.78 is 0. The minimum Gasteiger partial charge on any atom is -0.315 e. The molecule has 2 heteroatoms. The van der Waals surface area contributed by atoms with E-state index in [0.717, 1.165) is 24.9 Å². The lowest BCUT2D eigenvalue weighted by molar-refractivity contribution is 0.286. The first kappa shape index (κ1) is 16.0. The van der Waals surface area contributed by atoms with Crippen molar-refractivity contribution in [1.29, 1.82) is 0 Å². The van der Waals surface area contributed by atoms with Crippen LogP contribution in [0.3, 0.4) is 0 Å². The van der Waals surface area contributed by atoms with Crippen molar-refractivity contribution in [2.45, 2.75) is 58.8 Å². The van der Waals surface area contributed by atoms with E-state index in [1.165, 1.54) is 58.0 Å². The molecule has 0 aliphatic heterocycles. The van der Waals surface area contributed by atoms with E-state index in [1.54, 1.807) is 0 Å². The van der Waals surface area contributed by atoms with Crippen LogP contribution < -0.4 is 5.32 Å². The lowest BCUT2D eigenvalue weighted by Gasteiger charge is -2.21. The first-order chi connectivity index (χ1) is 8.68. The Bertz CT molecular complexity index is 184. The van der Waals surface area contributed by atoms with E-state index >= 15 is 0 Å². The van der Waals surface area contributed by atoms with E-state index in [1.807, 2.05) is 0 Å². The number of nitrogens with one attached hydrogen (secondary N) is 1. The molecule has 0 amide bonds. The molecule has 108 valence electrons. The number of hydrogen-bond donors (Lipinski definition) is 1. The average Bonchev–Trinajstić information content (AvgIpc) is 2.60. The largest absolute Gasteiger partial charge is 0.315 e. The first-order valence-corrected chi connectivity index (χ1v) is 8.07. The van der Waals surface area contributed by atoms with Crippen LogP contribution in [0.25, 0.3) is 0 Å². The smallest absolute Gasteiger partial charge is 0.0104 e. The van der Waals surface area contributed by atoms with Gasteiger partial charge in [0, 0.05) is 13.1 Å². The minimum absolute atomic E-state index is 0.765. The molecule has 1 saturated carbocycles. The summed E-state index contributed by atoms with van der Waals surface area (Å²) in [4.78, 5) is 2.50. The summed E-state index contributed by atoms with van der Waals surface area (Å²) >= 11 is 0. The molecular weight excluding hydrogens is 220 g/mol. The quantitative estimate of drug-likeness (QED) is 0.526. The van der Waals surface area contributed by atoms with Gasteiger partial charge >= 0.3 is 0 Å². The Morgan fingerprint density at radius 1 is 1.06 bits per heavy atom. The molecule has 0 saturated heterocycles. The topological polar surface area (TPSA) is 15.3 Å². The molecular formula is C16H34N2. The third-order valence-corrected chi connectivity index (χ3v) is 4.12. The molecule has 1 rings (SSSR count). The van der Waals surface area contributed by atoms with Crippen LogP contribution in [0.5, 0.6) is 0 Å². The average molecular weight is 254 g/mol. The Labute approximate surface area is 115 Å². The van der Waals surface area contributed by atoms with E-state index in [4.69, 9.17) is 0 Å². The van der Waals surface area contributed by atoms with Crippen molar-refractivity contribution in [1.82, 2.24) is 10.2 Å². The highest BCUT2D eigenvalue weighted by molar-refractivity contribution is 4.67. The molecule has 0 unspecified atom stereocenters.